The molecule has 6 nitrogen and oxygen atoms in total. The summed E-state index contributed by atoms with van der Waals surface area (Å²) >= 11 is 6.16. The van der Waals surface area contributed by atoms with Gasteiger partial charge in [-0.2, -0.15) is 0 Å². The standard InChI is InChI=1S/C31H30ClN3O3/c32-23-9-12-30-25(17-23)22(20-38-30)19-37-29-6-4-5-27-26(29)18-28(34-27)31(36)33-24-10-7-21(8-11-24)13-16-35-14-2-1-3-15-35/h4-12,17-18,20,34H,1-3,13-16,19H2,(H,33,36). The molecule has 3 heterocycles. The van der Waals surface area contributed by atoms with Gasteiger partial charge in [0.2, 0.25) is 0 Å². The summed E-state index contributed by atoms with van der Waals surface area (Å²) in [5.41, 5.74) is 5.05. The molecule has 0 unspecified atom stereocenters. The molecular formula is C31H30ClN3O3. The van der Waals surface area contributed by atoms with Crippen molar-refractivity contribution in [2.45, 2.75) is 32.3 Å². The zero-order chi connectivity index (χ0) is 25.9. The van der Waals surface area contributed by atoms with Crippen LogP contribution in [0.2, 0.25) is 5.02 Å². The van der Waals surface area contributed by atoms with E-state index in [9.17, 15) is 4.79 Å². The third-order valence-electron chi connectivity index (χ3n) is 7.24. The first-order valence-corrected chi connectivity index (χ1v) is 13.5. The fraction of sp³-hybridized carbons (Fsp3) is 0.258. The number of furan rings is 1. The van der Waals surface area contributed by atoms with Crippen molar-refractivity contribution in [3.05, 3.63) is 94.8 Å². The van der Waals surface area contributed by atoms with Crippen molar-refractivity contribution < 1.29 is 13.9 Å². The van der Waals surface area contributed by atoms with Crippen LogP contribution in [0, 0.1) is 0 Å². The van der Waals surface area contributed by atoms with Crippen molar-refractivity contribution in [2.75, 3.05) is 25.0 Å². The average molecular weight is 528 g/mol. The lowest BCUT2D eigenvalue weighted by Gasteiger charge is -2.26. The van der Waals surface area contributed by atoms with Gasteiger partial charge in [-0.05, 0) is 86.4 Å². The molecule has 38 heavy (non-hydrogen) atoms. The molecule has 2 aromatic heterocycles. The summed E-state index contributed by atoms with van der Waals surface area (Å²) in [4.78, 5) is 18.8. The number of halogens is 1. The number of H-pyrrole nitrogens is 1. The van der Waals surface area contributed by atoms with E-state index in [1.807, 2.05) is 48.5 Å². The predicted molar refractivity (Wildman–Crippen MR) is 152 cm³/mol. The maximum absolute atomic E-state index is 13.0. The molecule has 5 aromatic rings. The number of likely N-dealkylation sites (tertiary alicyclic amines) is 1. The van der Waals surface area contributed by atoms with E-state index in [4.69, 9.17) is 20.8 Å². The smallest absolute Gasteiger partial charge is 0.272 e. The summed E-state index contributed by atoms with van der Waals surface area (Å²) in [6, 6.07) is 21.2. The molecule has 1 aliphatic heterocycles. The Bertz CT molecular complexity index is 1560. The fourth-order valence-corrected chi connectivity index (χ4v) is 5.29. The highest BCUT2D eigenvalue weighted by atomic mass is 35.5. The highest BCUT2D eigenvalue weighted by Crippen LogP contribution is 2.30. The van der Waals surface area contributed by atoms with E-state index in [0.717, 1.165) is 46.1 Å². The Morgan fingerprint density at radius 3 is 2.68 bits per heavy atom. The fourth-order valence-electron chi connectivity index (χ4n) is 5.12. The molecule has 6 rings (SSSR count). The molecule has 1 fully saturated rings. The number of nitrogens with one attached hydrogen (secondary N) is 2. The minimum atomic E-state index is -0.191. The lowest BCUT2D eigenvalue weighted by atomic mass is 10.1. The minimum absolute atomic E-state index is 0.191. The number of aromatic amines is 1. The number of nitrogens with zero attached hydrogens (tertiary/aromatic N) is 1. The largest absolute Gasteiger partial charge is 0.488 e. The second-order valence-electron chi connectivity index (χ2n) is 9.89. The molecule has 7 heteroatoms. The first kappa shape index (κ1) is 24.6. The van der Waals surface area contributed by atoms with Crippen molar-refractivity contribution in [2.24, 2.45) is 0 Å². The number of amides is 1. The first-order valence-electron chi connectivity index (χ1n) is 13.2. The maximum atomic E-state index is 13.0. The third-order valence-corrected chi connectivity index (χ3v) is 7.48. The molecule has 0 atom stereocenters. The van der Waals surface area contributed by atoms with Gasteiger partial charge < -0.3 is 24.4 Å². The van der Waals surface area contributed by atoms with Crippen molar-refractivity contribution in [3.8, 4) is 5.75 Å². The van der Waals surface area contributed by atoms with Crippen LogP contribution in [0.5, 0.6) is 5.75 Å². The second-order valence-corrected chi connectivity index (χ2v) is 10.3. The molecule has 1 amide bonds. The van der Waals surface area contributed by atoms with Gasteiger partial charge in [0.25, 0.3) is 5.91 Å². The Labute approximate surface area is 226 Å². The normalized spacial score (nSPS) is 14.2. The van der Waals surface area contributed by atoms with Gasteiger partial charge in [0.05, 0.1) is 6.26 Å². The van der Waals surface area contributed by atoms with Gasteiger partial charge in [0, 0.05) is 39.1 Å². The molecule has 0 radical (unpaired) electrons. The monoisotopic (exact) mass is 527 g/mol. The van der Waals surface area contributed by atoms with Crippen LogP contribution in [-0.2, 0) is 13.0 Å². The average Bonchev–Trinajstić information content (AvgIpc) is 3.56. The molecule has 0 bridgehead atoms. The van der Waals surface area contributed by atoms with Gasteiger partial charge in [-0.25, -0.2) is 0 Å². The van der Waals surface area contributed by atoms with E-state index >= 15 is 0 Å². The van der Waals surface area contributed by atoms with Crippen LogP contribution in [0.1, 0.15) is 40.9 Å². The van der Waals surface area contributed by atoms with Crippen LogP contribution in [-0.4, -0.2) is 35.4 Å². The SMILES string of the molecule is O=C(Nc1ccc(CCN2CCCCC2)cc1)c1cc2c(OCc3coc4ccc(Cl)cc34)cccc2[nH]1. The quantitative estimate of drug-likeness (QED) is 0.220. The van der Waals surface area contributed by atoms with E-state index in [2.05, 4.69) is 27.3 Å². The first-order chi connectivity index (χ1) is 18.6. The van der Waals surface area contributed by atoms with E-state index in [0.29, 0.717) is 23.1 Å². The number of aromatic nitrogens is 1. The van der Waals surface area contributed by atoms with Crippen LogP contribution < -0.4 is 10.1 Å². The van der Waals surface area contributed by atoms with Gasteiger partial charge in [-0.3, -0.25) is 4.79 Å². The molecule has 2 N–H and O–H groups in total. The Morgan fingerprint density at radius 1 is 1.00 bits per heavy atom. The van der Waals surface area contributed by atoms with Crippen molar-refractivity contribution >= 4 is 45.1 Å². The van der Waals surface area contributed by atoms with Gasteiger partial charge >= 0.3 is 0 Å². The van der Waals surface area contributed by atoms with E-state index in [-0.39, 0.29) is 5.91 Å². The van der Waals surface area contributed by atoms with Crippen molar-refractivity contribution in [3.63, 3.8) is 0 Å². The van der Waals surface area contributed by atoms with Crippen LogP contribution in [0.4, 0.5) is 5.69 Å². The Balaban J connectivity index is 1.11. The highest BCUT2D eigenvalue weighted by Gasteiger charge is 2.14. The van der Waals surface area contributed by atoms with Gasteiger partial charge in [0.1, 0.15) is 23.6 Å². The zero-order valence-electron chi connectivity index (χ0n) is 21.1. The van der Waals surface area contributed by atoms with Crippen molar-refractivity contribution in [1.82, 2.24) is 9.88 Å². The third kappa shape index (κ3) is 5.42. The van der Waals surface area contributed by atoms with Crippen LogP contribution in [0.15, 0.2) is 77.4 Å². The number of hydrogen-bond donors (Lipinski definition) is 2. The Hall–Kier alpha value is -3.74. The summed E-state index contributed by atoms with van der Waals surface area (Å²) in [7, 11) is 0. The van der Waals surface area contributed by atoms with Crippen molar-refractivity contribution in [1.29, 1.82) is 0 Å². The molecule has 3 aromatic carbocycles. The number of anilines is 1. The lowest BCUT2D eigenvalue weighted by molar-refractivity contribution is 0.102. The maximum Gasteiger partial charge on any atom is 0.272 e. The van der Waals surface area contributed by atoms with Crippen LogP contribution >= 0.6 is 11.6 Å². The molecule has 1 aliphatic rings. The summed E-state index contributed by atoms with van der Waals surface area (Å²) in [6.45, 7) is 3.83. The topological polar surface area (TPSA) is 70.5 Å². The predicted octanol–water partition coefficient (Wildman–Crippen LogP) is 7.43. The van der Waals surface area contributed by atoms with Gasteiger partial charge in [-0.15, -0.1) is 0 Å². The number of fused-ring (bicyclic) bond motifs is 2. The number of piperidine rings is 1. The minimum Gasteiger partial charge on any atom is -0.488 e. The number of carbonyl (C=O) groups excluding carboxylic acids is 1. The molecule has 0 saturated carbocycles. The molecule has 1 saturated heterocycles. The Kier molecular flexibility index (Phi) is 7.08. The zero-order valence-corrected chi connectivity index (χ0v) is 21.9. The summed E-state index contributed by atoms with van der Waals surface area (Å²) in [5, 5.41) is 5.42. The Morgan fingerprint density at radius 2 is 1.84 bits per heavy atom. The summed E-state index contributed by atoms with van der Waals surface area (Å²) < 4.78 is 11.8. The van der Waals surface area contributed by atoms with Crippen LogP contribution in [0.3, 0.4) is 0 Å². The molecule has 0 spiro atoms. The van der Waals surface area contributed by atoms with E-state index in [1.54, 1.807) is 12.3 Å². The van der Waals surface area contributed by atoms with Gasteiger partial charge in [0.15, 0.2) is 0 Å². The number of benzene rings is 3. The van der Waals surface area contributed by atoms with Gasteiger partial charge in [-0.1, -0.05) is 36.2 Å². The number of carbonyl (C=O) groups is 1. The number of hydrogen-bond acceptors (Lipinski definition) is 4. The molecular weight excluding hydrogens is 498 g/mol. The highest BCUT2D eigenvalue weighted by molar-refractivity contribution is 6.31. The van der Waals surface area contributed by atoms with E-state index in [1.165, 1.54) is 37.9 Å². The number of rotatable bonds is 8. The van der Waals surface area contributed by atoms with Crippen LogP contribution in [0.25, 0.3) is 21.9 Å². The lowest BCUT2D eigenvalue weighted by Crippen LogP contribution is -2.31. The van der Waals surface area contributed by atoms with E-state index < -0.39 is 0 Å². The summed E-state index contributed by atoms with van der Waals surface area (Å²) in [5.74, 6) is 0.496. The molecule has 194 valence electrons. The molecule has 0 aliphatic carbocycles. The second kappa shape index (κ2) is 10.9. The summed E-state index contributed by atoms with van der Waals surface area (Å²) in [6.07, 6.45) is 6.69. The number of ether oxygens (including phenoxy) is 1.